The lowest BCUT2D eigenvalue weighted by atomic mass is 10.0. The maximum absolute atomic E-state index is 6.59. The van der Waals surface area contributed by atoms with Crippen molar-refractivity contribution in [1.82, 2.24) is 0 Å². The molecule has 0 amide bonds. The van der Waals surface area contributed by atoms with E-state index in [1.165, 1.54) is 0 Å². The van der Waals surface area contributed by atoms with Crippen LogP contribution in [0.5, 0.6) is 11.5 Å². The SMILES string of the molecule is COc1ccc(C(Cl)c2cccc(OC(C)C)c2)cc1Br. The van der Waals surface area contributed by atoms with Crippen LogP contribution in [0.4, 0.5) is 0 Å². The maximum atomic E-state index is 6.59. The van der Waals surface area contributed by atoms with Crippen molar-refractivity contribution in [2.24, 2.45) is 0 Å². The van der Waals surface area contributed by atoms with E-state index < -0.39 is 0 Å². The zero-order valence-corrected chi connectivity index (χ0v) is 14.6. The van der Waals surface area contributed by atoms with E-state index in [9.17, 15) is 0 Å². The molecule has 1 atom stereocenters. The highest BCUT2D eigenvalue weighted by atomic mass is 79.9. The molecule has 2 aromatic carbocycles. The summed E-state index contributed by atoms with van der Waals surface area (Å²) in [6.45, 7) is 4.01. The molecule has 2 rings (SSSR count). The summed E-state index contributed by atoms with van der Waals surface area (Å²) < 4.78 is 11.8. The van der Waals surface area contributed by atoms with Crippen molar-refractivity contribution in [2.45, 2.75) is 25.3 Å². The summed E-state index contributed by atoms with van der Waals surface area (Å²) in [4.78, 5) is 0. The van der Waals surface area contributed by atoms with Crippen LogP contribution in [0.15, 0.2) is 46.9 Å². The van der Waals surface area contributed by atoms with Gasteiger partial charge in [-0.2, -0.15) is 0 Å². The van der Waals surface area contributed by atoms with E-state index in [4.69, 9.17) is 21.1 Å². The van der Waals surface area contributed by atoms with Crippen LogP contribution in [-0.4, -0.2) is 13.2 Å². The van der Waals surface area contributed by atoms with Gasteiger partial charge in [-0.05, 0) is 65.2 Å². The number of benzene rings is 2. The standard InChI is InChI=1S/C17H18BrClO2/c1-11(2)21-14-6-4-5-12(9-14)17(19)13-7-8-16(20-3)15(18)10-13/h4-11,17H,1-3H3. The van der Waals surface area contributed by atoms with Gasteiger partial charge in [0.1, 0.15) is 11.5 Å². The van der Waals surface area contributed by atoms with Gasteiger partial charge in [0.2, 0.25) is 0 Å². The second-order valence-corrected chi connectivity index (χ2v) is 6.29. The molecule has 0 saturated heterocycles. The van der Waals surface area contributed by atoms with Crippen LogP contribution < -0.4 is 9.47 Å². The molecule has 2 aromatic rings. The lowest BCUT2D eigenvalue weighted by molar-refractivity contribution is 0.242. The fraction of sp³-hybridized carbons (Fsp3) is 0.294. The normalized spacial score (nSPS) is 12.3. The van der Waals surface area contributed by atoms with Crippen LogP contribution in [0.3, 0.4) is 0 Å². The molecule has 2 nitrogen and oxygen atoms in total. The number of methoxy groups -OCH3 is 1. The van der Waals surface area contributed by atoms with E-state index in [-0.39, 0.29) is 11.5 Å². The highest BCUT2D eigenvalue weighted by molar-refractivity contribution is 9.10. The van der Waals surface area contributed by atoms with Crippen LogP contribution in [0.1, 0.15) is 30.4 Å². The van der Waals surface area contributed by atoms with Crippen LogP contribution in [0.25, 0.3) is 0 Å². The minimum atomic E-state index is -0.233. The average molecular weight is 370 g/mol. The molecule has 0 aliphatic rings. The topological polar surface area (TPSA) is 18.5 Å². The first-order chi connectivity index (χ1) is 10.0. The fourth-order valence-corrected chi connectivity index (χ4v) is 2.88. The van der Waals surface area contributed by atoms with Gasteiger partial charge < -0.3 is 9.47 Å². The highest BCUT2D eigenvalue weighted by Crippen LogP contribution is 2.35. The van der Waals surface area contributed by atoms with Crippen molar-refractivity contribution in [3.8, 4) is 11.5 Å². The van der Waals surface area contributed by atoms with Crippen molar-refractivity contribution >= 4 is 27.5 Å². The van der Waals surface area contributed by atoms with Crippen molar-refractivity contribution in [1.29, 1.82) is 0 Å². The molecule has 0 spiro atoms. The van der Waals surface area contributed by atoms with Gasteiger partial charge in [-0.25, -0.2) is 0 Å². The predicted octanol–water partition coefficient (Wildman–Crippen LogP) is 5.57. The van der Waals surface area contributed by atoms with Gasteiger partial charge in [0.25, 0.3) is 0 Å². The molecule has 112 valence electrons. The maximum Gasteiger partial charge on any atom is 0.133 e. The first-order valence-electron chi connectivity index (χ1n) is 6.75. The summed E-state index contributed by atoms with van der Waals surface area (Å²) in [5.41, 5.74) is 2.01. The molecule has 0 saturated carbocycles. The van der Waals surface area contributed by atoms with Crippen molar-refractivity contribution in [3.63, 3.8) is 0 Å². The minimum Gasteiger partial charge on any atom is -0.496 e. The Balaban J connectivity index is 2.27. The van der Waals surface area contributed by atoms with E-state index >= 15 is 0 Å². The largest absolute Gasteiger partial charge is 0.496 e. The van der Waals surface area contributed by atoms with Crippen LogP contribution in [-0.2, 0) is 0 Å². The summed E-state index contributed by atoms with van der Waals surface area (Å²) in [5.74, 6) is 1.63. The first kappa shape index (κ1) is 16.2. The van der Waals surface area contributed by atoms with Gasteiger partial charge in [-0.1, -0.05) is 18.2 Å². The number of rotatable bonds is 5. The summed E-state index contributed by atoms with van der Waals surface area (Å²) in [5, 5.41) is -0.233. The summed E-state index contributed by atoms with van der Waals surface area (Å²) >= 11 is 10.1. The number of ether oxygens (including phenoxy) is 2. The third-order valence-electron chi connectivity index (χ3n) is 2.99. The van der Waals surface area contributed by atoms with Crippen molar-refractivity contribution in [2.75, 3.05) is 7.11 Å². The summed E-state index contributed by atoms with van der Waals surface area (Å²) in [6, 6.07) is 13.7. The molecule has 0 aliphatic heterocycles. The quantitative estimate of drug-likeness (QED) is 0.641. The fourth-order valence-electron chi connectivity index (χ4n) is 2.05. The monoisotopic (exact) mass is 368 g/mol. The van der Waals surface area contributed by atoms with Crippen LogP contribution in [0, 0.1) is 0 Å². The Morgan fingerprint density at radius 1 is 1.05 bits per heavy atom. The summed E-state index contributed by atoms with van der Waals surface area (Å²) in [7, 11) is 1.64. The Hall–Kier alpha value is -1.19. The molecular formula is C17H18BrClO2. The molecule has 0 aromatic heterocycles. The van der Waals surface area contributed by atoms with Gasteiger partial charge in [-0.3, -0.25) is 0 Å². The highest BCUT2D eigenvalue weighted by Gasteiger charge is 2.13. The Bertz CT molecular complexity index is 613. The molecule has 4 heteroatoms. The number of halogens is 2. The second kappa shape index (κ2) is 7.19. The molecular weight excluding hydrogens is 352 g/mol. The molecule has 0 fully saturated rings. The zero-order valence-electron chi connectivity index (χ0n) is 12.3. The number of hydrogen-bond donors (Lipinski definition) is 0. The van der Waals surface area contributed by atoms with Gasteiger partial charge in [0.05, 0.1) is 23.1 Å². The minimum absolute atomic E-state index is 0.143. The van der Waals surface area contributed by atoms with Crippen LogP contribution in [0.2, 0.25) is 0 Å². The van der Waals surface area contributed by atoms with E-state index in [0.29, 0.717) is 0 Å². The zero-order chi connectivity index (χ0) is 15.4. The molecule has 0 N–H and O–H groups in total. The Kier molecular flexibility index (Phi) is 5.54. The third kappa shape index (κ3) is 4.14. The lowest BCUT2D eigenvalue weighted by Crippen LogP contribution is -2.06. The predicted molar refractivity (Wildman–Crippen MR) is 90.6 cm³/mol. The Morgan fingerprint density at radius 3 is 2.38 bits per heavy atom. The lowest BCUT2D eigenvalue weighted by Gasteiger charge is -2.15. The van der Waals surface area contributed by atoms with Gasteiger partial charge in [-0.15, -0.1) is 11.6 Å². The Morgan fingerprint density at radius 2 is 1.76 bits per heavy atom. The molecule has 0 radical (unpaired) electrons. The van der Waals surface area contributed by atoms with Crippen molar-refractivity contribution < 1.29 is 9.47 Å². The average Bonchev–Trinajstić information content (AvgIpc) is 2.46. The Labute approximate surface area is 139 Å². The van der Waals surface area contributed by atoms with Gasteiger partial charge in [0, 0.05) is 0 Å². The van der Waals surface area contributed by atoms with E-state index in [1.54, 1.807) is 7.11 Å². The number of alkyl halides is 1. The smallest absolute Gasteiger partial charge is 0.133 e. The summed E-state index contributed by atoms with van der Waals surface area (Å²) in [6.07, 6.45) is 0.143. The number of hydrogen-bond acceptors (Lipinski definition) is 2. The van der Waals surface area contributed by atoms with E-state index in [2.05, 4.69) is 15.9 Å². The molecule has 21 heavy (non-hydrogen) atoms. The molecule has 0 heterocycles. The van der Waals surface area contributed by atoms with E-state index in [1.807, 2.05) is 56.3 Å². The molecule has 0 aliphatic carbocycles. The second-order valence-electron chi connectivity index (χ2n) is 5.00. The molecule has 0 bridgehead atoms. The van der Waals surface area contributed by atoms with Crippen molar-refractivity contribution in [3.05, 3.63) is 58.1 Å². The first-order valence-corrected chi connectivity index (χ1v) is 7.98. The molecule has 1 unspecified atom stereocenters. The van der Waals surface area contributed by atoms with E-state index in [0.717, 1.165) is 27.1 Å². The van der Waals surface area contributed by atoms with Gasteiger partial charge in [0.15, 0.2) is 0 Å². The van der Waals surface area contributed by atoms with Gasteiger partial charge >= 0.3 is 0 Å². The third-order valence-corrected chi connectivity index (χ3v) is 4.11. The van der Waals surface area contributed by atoms with Crippen LogP contribution >= 0.6 is 27.5 Å².